The quantitative estimate of drug-likeness (QED) is 0.820. The number of nitrogens with zero attached hydrogens (tertiary/aromatic N) is 4. The number of carbonyl (C=O) groups excluding carboxylic acids is 1. The summed E-state index contributed by atoms with van der Waals surface area (Å²) in [6.07, 6.45) is 5.51. The van der Waals surface area contributed by atoms with E-state index in [0.29, 0.717) is 24.2 Å². The minimum absolute atomic E-state index is 0.0316. The van der Waals surface area contributed by atoms with Crippen LogP contribution in [0.4, 0.5) is 4.39 Å². The Balaban J connectivity index is 1.51. The van der Waals surface area contributed by atoms with Crippen LogP contribution in [0, 0.1) is 18.7 Å². The van der Waals surface area contributed by atoms with Gasteiger partial charge in [-0.25, -0.2) is 9.37 Å². The Hall–Kier alpha value is -2.34. The fraction of sp³-hybridized carbons (Fsp3) is 0.476. The number of aromatic nitrogens is 2. The highest BCUT2D eigenvalue weighted by molar-refractivity contribution is 5.92. The smallest absolute Gasteiger partial charge is 0.274 e. The van der Waals surface area contributed by atoms with E-state index in [1.54, 1.807) is 12.4 Å². The Morgan fingerprint density at radius 2 is 1.81 bits per heavy atom. The molecule has 5 heterocycles. The average Bonchev–Trinajstić information content (AvgIpc) is 3.12. The van der Waals surface area contributed by atoms with E-state index in [1.807, 2.05) is 24.0 Å². The molecule has 4 saturated heterocycles. The summed E-state index contributed by atoms with van der Waals surface area (Å²) in [7, 11) is 0. The number of halogens is 1. The fourth-order valence-electron chi connectivity index (χ4n) is 5.31. The number of fused-ring (bicyclic) bond motifs is 2. The van der Waals surface area contributed by atoms with Crippen molar-refractivity contribution in [1.82, 2.24) is 19.8 Å². The van der Waals surface area contributed by atoms with Gasteiger partial charge in [0.2, 0.25) is 0 Å². The van der Waals surface area contributed by atoms with Crippen LogP contribution in [0.5, 0.6) is 0 Å². The highest BCUT2D eigenvalue weighted by Gasteiger charge is 2.54. The average molecular weight is 366 g/mol. The first kappa shape index (κ1) is 16.8. The molecule has 4 aliphatic heterocycles. The molecule has 2 aromatic rings. The van der Waals surface area contributed by atoms with Gasteiger partial charge in [0.05, 0.1) is 17.9 Å². The van der Waals surface area contributed by atoms with Gasteiger partial charge in [-0.3, -0.25) is 14.7 Å². The molecule has 1 aromatic carbocycles. The molecule has 4 fully saturated rings. The molecular weight excluding hydrogens is 343 g/mol. The number of hydrogen-bond donors (Lipinski definition) is 0. The molecule has 2 bridgehead atoms. The van der Waals surface area contributed by atoms with Crippen molar-refractivity contribution >= 4 is 5.91 Å². The van der Waals surface area contributed by atoms with Crippen LogP contribution >= 0.6 is 0 Å². The number of benzene rings is 1. The van der Waals surface area contributed by atoms with Gasteiger partial charge in [-0.2, -0.15) is 0 Å². The normalized spacial score (nSPS) is 31.8. The third kappa shape index (κ3) is 2.74. The first-order valence-corrected chi connectivity index (χ1v) is 9.71. The van der Waals surface area contributed by atoms with Crippen LogP contribution in [0.25, 0.3) is 0 Å². The Morgan fingerprint density at radius 3 is 2.48 bits per heavy atom. The van der Waals surface area contributed by atoms with Gasteiger partial charge in [0, 0.05) is 24.7 Å². The van der Waals surface area contributed by atoms with Crippen molar-refractivity contribution in [2.24, 2.45) is 5.92 Å². The SMILES string of the molecule is Cc1cnc(C(=O)N2C[C@H](c3ccc(F)cc3)[C@H]3[C@@H]2C2CCN3CC2)cn1. The van der Waals surface area contributed by atoms with Gasteiger partial charge in [0.15, 0.2) is 0 Å². The second kappa shape index (κ2) is 6.37. The van der Waals surface area contributed by atoms with Crippen molar-refractivity contribution in [2.45, 2.75) is 37.8 Å². The molecule has 1 aromatic heterocycles. The highest BCUT2D eigenvalue weighted by Crippen LogP contribution is 2.46. The predicted octanol–water partition coefficient (Wildman–Crippen LogP) is 2.63. The number of piperidine rings is 3. The number of amides is 1. The number of likely N-dealkylation sites (tertiary alicyclic amines) is 1. The Kier molecular flexibility index (Phi) is 3.97. The molecule has 0 unspecified atom stereocenters. The van der Waals surface area contributed by atoms with Crippen molar-refractivity contribution in [3.8, 4) is 0 Å². The number of aryl methyl sites for hydroxylation is 1. The van der Waals surface area contributed by atoms with E-state index in [-0.39, 0.29) is 23.7 Å². The molecule has 6 rings (SSSR count). The van der Waals surface area contributed by atoms with E-state index in [1.165, 1.54) is 12.1 Å². The van der Waals surface area contributed by atoms with Crippen molar-refractivity contribution in [1.29, 1.82) is 0 Å². The molecule has 27 heavy (non-hydrogen) atoms. The van der Waals surface area contributed by atoms with Crippen LogP contribution in [0.3, 0.4) is 0 Å². The third-order valence-corrected chi connectivity index (χ3v) is 6.55. The lowest BCUT2D eigenvalue weighted by Gasteiger charge is -2.51. The molecular formula is C21H23FN4O. The fourth-order valence-corrected chi connectivity index (χ4v) is 5.31. The summed E-state index contributed by atoms with van der Waals surface area (Å²) in [6.45, 7) is 4.71. The van der Waals surface area contributed by atoms with E-state index in [2.05, 4.69) is 14.9 Å². The van der Waals surface area contributed by atoms with E-state index in [0.717, 1.165) is 37.2 Å². The monoisotopic (exact) mass is 366 g/mol. The van der Waals surface area contributed by atoms with Crippen molar-refractivity contribution < 1.29 is 9.18 Å². The van der Waals surface area contributed by atoms with Gasteiger partial charge >= 0.3 is 0 Å². The molecule has 4 aliphatic rings. The molecule has 1 amide bonds. The number of rotatable bonds is 2. The summed E-state index contributed by atoms with van der Waals surface area (Å²) in [5, 5.41) is 0. The van der Waals surface area contributed by atoms with E-state index >= 15 is 0 Å². The topological polar surface area (TPSA) is 49.3 Å². The lowest BCUT2D eigenvalue weighted by molar-refractivity contribution is -0.00359. The second-order valence-corrected chi connectivity index (χ2v) is 8.01. The van der Waals surface area contributed by atoms with Crippen molar-refractivity contribution in [3.05, 3.63) is 59.4 Å². The lowest BCUT2D eigenvalue weighted by Crippen LogP contribution is -2.60. The molecule has 3 atom stereocenters. The zero-order chi connectivity index (χ0) is 18.5. The van der Waals surface area contributed by atoms with Crippen LogP contribution in [0.2, 0.25) is 0 Å². The molecule has 140 valence electrons. The first-order valence-electron chi connectivity index (χ1n) is 9.71. The molecule has 0 radical (unpaired) electrons. The summed E-state index contributed by atoms with van der Waals surface area (Å²) in [5.74, 6) is 0.492. The number of hydrogen-bond acceptors (Lipinski definition) is 4. The molecule has 6 heteroatoms. The second-order valence-electron chi connectivity index (χ2n) is 8.01. The molecule has 5 nitrogen and oxygen atoms in total. The van der Waals surface area contributed by atoms with Gasteiger partial charge < -0.3 is 4.90 Å². The maximum absolute atomic E-state index is 13.4. The maximum atomic E-state index is 13.4. The zero-order valence-corrected chi connectivity index (χ0v) is 15.4. The van der Waals surface area contributed by atoms with Crippen LogP contribution < -0.4 is 0 Å². The standard InChI is InChI=1S/C21H23FN4O/c1-13-10-24-18(11-23-13)21(27)26-12-17(14-2-4-16(22)5-3-14)20-19(26)15-6-8-25(20)9-7-15/h2-5,10-11,15,17,19-20H,6-9,12H2,1H3/t17-,19+,20+/m1/s1. The summed E-state index contributed by atoms with van der Waals surface area (Å²) in [5.41, 5.74) is 2.33. The van der Waals surface area contributed by atoms with E-state index in [4.69, 9.17) is 0 Å². The first-order chi connectivity index (χ1) is 13.1. The van der Waals surface area contributed by atoms with Crippen LogP contribution in [-0.4, -0.2) is 57.4 Å². The summed E-state index contributed by atoms with van der Waals surface area (Å²) in [6, 6.07) is 7.32. The largest absolute Gasteiger partial charge is 0.332 e. The minimum atomic E-state index is -0.221. The summed E-state index contributed by atoms with van der Waals surface area (Å²) >= 11 is 0. The zero-order valence-electron chi connectivity index (χ0n) is 15.4. The molecule has 0 spiro atoms. The Labute approximate surface area is 158 Å². The van der Waals surface area contributed by atoms with Crippen LogP contribution in [0.1, 0.15) is 40.5 Å². The Bertz CT molecular complexity index is 845. The van der Waals surface area contributed by atoms with Gasteiger partial charge in [-0.15, -0.1) is 0 Å². The van der Waals surface area contributed by atoms with Gasteiger partial charge in [-0.1, -0.05) is 12.1 Å². The maximum Gasteiger partial charge on any atom is 0.274 e. The van der Waals surface area contributed by atoms with Crippen molar-refractivity contribution in [3.63, 3.8) is 0 Å². The minimum Gasteiger partial charge on any atom is -0.332 e. The van der Waals surface area contributed by atoms with Crippen molar-refractivity contribution in [2.75, 3.05) is 19.6 Å². The molecule has 0 saturated carbocycles. The number of carbonyl (C=O) groups is 1. The molecule has 0 aliphatic carbocycles. The van der Waals surface area contributed by atoms with E-state index < -0.39 is 0 Å². The van der Waals surface area contributed by atoms with Gasteiger partial charge in [-0.05, 0) is 56.5 Å². The summed E-state index contributed by atoms with van der Waals surface area (Å²) in [4.78, 5) is 26.4. The van der Waals surface area contributed by atoms with Gasteiger partial charge in [0.1, 0.15) is 11.5 Å². The lowest BCUT2D eigenvalue weighted by atomic mass is 9.75. The van der Waals surface area contributed by atoms with Crippen LogP contribution in [-0.2, 0) is 0 Å². The van der Waals surface area contributed by atoms with Crippen LogP contribution in [0.15, 0.2) is 36.7 Å². The predicted molar refractivity (Wildman–Crippen MR) is 98.8 cm³/mol. The highest BCUT2D eigenvalue weighted by atomic mass is 19.1. The third-order valence-electron chi connectivity index (χ3n) is 6.55. The van der Waals surface area contributed by atoms with Gasteiger partial charge in [0.25, 0.3) is 5.91 Å². The Morgan fingerprint density at radius 1 is 1.07 bits per heavy atom. The summed E-state index contributed by atoms with van der Waals surface area (Å²) < 4.78 is 13.4. The van der Waals surface area contributed by atoms with E-state index in [9.17, 15) is 9.18 Å². The molecule has 0 N–H and O–H groups in total.